The lowest BCUT2D eigenvalue weighted by molar-refractivity contribution is 0.0998. The van der Waals surface area contributed by atoms with Gasteiger partial charge in [-0.25, -0.2) is 4.39 Å². The van der Waals surface area contributed by atoms with Gasteiger partial charge in [-0.2, -0.15) is 0 Å². The number of hydrogen-bond acceptors (Lipinski definition) is 5. The lowest BCUT2D eigenvalue weighted by Crippen LogP contribution is -2.12. The molecule has 0 atom stereocenters. The Labute approximate surface area is 172 Å². The summed E-state index contributed by atoms with van der Waals surface area (Å²) in [7, 11) is 1.64. The summed E-state index contributed by atoms with van der Waals surface area (Å²) in [5.41, 5.74) is 8.71. The van der Waals surface area contributed by atoms with E-state index >= 15 is 0 Å². The number of amides is 1. The molecule has 0 saturated carbocycles. The van der Waals surface area contributed by atoms with E-state index in [-0.39, 0.29) is 17.1 Å². The number of anilines is 3. The first-order chi connectivity index (χ1) is 14.5. The smallest absolute Gasteiger partial charge is 0.291 e. The lowest BCUT2D eigenvalue weighted by atomic mass is 10.2. The summed E-state index contributed by atoms with van der Waals surface area (Å²) in [6.07, 6.45) is 0. The summed E-state index contributed by atoms with van der Waals surface area (Å²) in [5, 5.41) is 6.68. The Kier molecular flexibility index (Phi) is 5.26. The number of nitrogen functional groups attached to an aromatic ring is 1. The number of furan rings is 1. The van der Waals surface area contributed by atoms with E-state index in [2.05, 4.69) is 10.6 Å². The molecule has 1 heterocycles. The van der Waals surface area contributed by atoms with Gasteiger partial charge in [-0.05, 0) is 48.5 Å². The van der Waals surface area contributed by atoms with Gasteiger partial charge in [0.05, 0.1) is 18.5 Å². The molecule has 152 valence electrons. The predicted octanol–water partition coefficient (Wildman–Crippen LogP) is 5.03. The number of nitrogens with one attached hydrogen (secondary N) is 2. The van der Waals surface area contributed by atoms with Crippen LogP contribution in [0.15, 0.2) is 71.1 Å². The summed E-state index contributed by atoms with van der Waals surface area (Å²) in [6, 6.07) is 18.7. The van der Waals surface area contributed by atoms with E-state index in [1.807, 2.05) is 36.4 Å². The average Bonchev–Trinajstić information content (AvgIpc) is 3.18. The lowest BCUT2D eigenvalue weighted by Gasteiger charge is -2.10. The number of ether oxygens (including phenoxy) is 1. The molecule has 0 aliphatic heterocycles. The molecule has 3 aromatic carbocycles. The quantitative estimate of drug-likeness (QED) is 0.392. The molecule has 0 fully saturated rings. The van der Waals surface area contributed by atoms with Crippen LogP contribution in [0.2, 0.25) is 0 Å². The molecule has 0 bridgehead atoms. The standard InChI is InChI=1S/C23H20FN3O3/c1-29-20-5-3-2-4-14(20)13-26-17-7-9-21-15(10-17)11-22(30-21)23(28)27-19-12-16(24)6-8-18(19)25/h2-12,26H,13,25H2,1H3,(H,27,28). The van der Waals surface area contributed by atoms with Crippen molar-refractivity contribution in [2.75, 3.05) is 23.5 Å². The molecule has 4 N–H and O–H groups in total. The molecule has 0 aliphatic rings. The minimum Gasteiger partial charge on any atom is -0.496 e. The van der Waals surface area contributed by atoms with Gasteiger partial charge in [0.15, 0.2) is 5.76 Å². The maximum Gasteiger partial charge on any atom is 0.291 e. The van der Waals surface area contributed by atoms with Crippen molar-refractivity contribution in [2.24, 2.45) is 0 Å². The fourth-order valence-corrected chi connectivity index (χ4v) is 3.13. The van der Waals surface area contributed by atoms with Gasteiger partial charge in [-0.1, -0.05) is 18.2 Å². The van der Waals surface area contributed by atoms with Gasteiger partial charge in [0.2, 0.25) is 0 Å². The van der Waals surface area contributed by atoms with Crippen molar-refractivity contribution < 1.29 is 18.3 Å². The molecular formula is C23H20FN3O3. The van der Waals surface area contributed by atoms with Crippen molar-refractivity contribution in [1.82, 2.24) is 0 Å². The zero-order chi connectivity index (χ0) is 21.1. The van der Waals surface area contributed by atoms with E-state index in [1.165, 1.54) is 12.1 Å². The van der Waals surface area contributed by atoms with Crippen molar-refractivity contribution in [1.29, 1.82) is 0 Å². The normalized spacial score (nSPS) is 10.7. The highest BCUT2D eigenvalue weighted by molar-refractivity contribution is 6.06. The number of hydrogen-bond donors (Lipinski definition) is 3. The highest BCUT2D eigenvalue weighted by atomic mass is 19.1. The number of methoxy groups -OCH3 is 1. The molecule has 0 spiro atoms. The van der Waals surface area contributed by atoms with Gasteiger partial charge in [0.25, 0.3) is 5.91 Å². The average molecular weight is 405 g/mol. The second-order valence-corrected chi connectivity index (χ2v) is 6.71. The first-order valence-electron chi connectivity index (χ1n) is 9.29. The van der Waals surface area contributed by atoms with Crippen LogP contribution in [0.25, 0.3) is 11.0 Å². The fraction of sp³-hybridized carbons (Fsp3) is 0.0870. The van der Waals surface area contributed by atoms with E-state index in [0.29, 0.717) is 12.1 Å². The second kappa shape index (κ2) is 8.16. The molecule has 0 radical (unpaired) electrons. The Morgan fingerprint density at radius 2 is 1.93 bits per heavy atom. The molecule has 0 aliphatic carbocycles. The third-order valence-corrected chi connectivity index (χ3v) is 4.68. The van der Waals surface area contributed by atoms with Crippen LogP contribution in [0.1, 0.15) is 16.1 Å². The number of nitrogens with two attached hydrogens (primary N) is 1. The van der Waals surface area contributed by atoms with Gasteiger partial charge in [0.1, 0.15) is 17.1 Å². The maximum atomic E-state index is 13.4. The number of carbonyl (C=O) groups is 1. The van der Waals surface area contributed by atoms with Crippen LogP contribution >= 0.6 is 0 Å². The van der Waals surface area contributed by atoms with Gasteiger partial charge >= 0.3 is 0 Å². The summed E-state index contributed by atoms with van der Waals surface area (Å²) < 4.78 is 24.4. The van der Waals surface area contributed by atoms with E-state index in [0.717, 1.165) is 28.5 Å². The van der Waals surface area contributed by atoms with Crippen LogP contribution in [-0.4, -0.2) is 13.0 Å². The van der Waals surface area contributed by atoms with Crippen molar-refractivity contribution in [3.05, 3.63) is 83.9 Å². The number of carbonyl (C=O) groups excluding carboxylic acids is 1. The van der Waals surface area contributed by atoms with Crippen molar-refractivity contribution >= 4 is 33.9 Å². The minimum atomic E-state index is -0.507. The summed E-state index contributed by atoms with van der Waals surface area (Å²) in [5.74, 6) is -0.0811. The second-order valence-electron chi connectivity index (χ2n) is 6.71. The number of fused-ring (bicyclic) bond motifs is 1. The number of rotatable bonds is 6. The Bertz CT molecular complexity index is 1220. The molecule has 0 saturated heterocycles. The third kappa shape index (κ3) is 4.05. The van der Waals surface area contributed by atoms with E-state index < -0.39 is 11.7 Å². The molecule has 4 aromatic rings. The molecule has 4 rings (SSSR count). The molecule has 1 amide bonds. The van der Waals surface area contributed by atoms with E-state index in [9.17, 15) is 9.18 Å². The number of benzene rings is 3. The summed E-state index contributed by atoms with van der Waals surface area (Å²) in [4.78, 5) is 12.5. The van der Waals surface area contributed by atoms with E-state index in [4.69, 9.17) is 14.9 Å². The Hall–Kier alpha value is -4.00. The SMILES string of the molecule is COc1ccccc1CNc1ccc2oc(C(=O)Nc3cc(F)ccc3N)cc2c1. The van der Waals surface area contributed by atoms with Gasteiger partial charge in [0, 0.05) is 23.2 Å². The number of para-hydroxylation sites is 1. The number of halogens is 1. The molecule has 1 aromatic heterocycles. The first kappa shape index (κ1) is 19.3. The van der Waals surface area contributed by atoms with Crippen LogP contribution < -0.4 is 21.1 Å². The van der Waals surface area contributed by atoms with Crippen molar-refractivity contribution in [2.45, 2.75) is 6.54 Å². The van der Waals surface area contributed by atoms with Crippen molar-refractivity contribution in [3.63, 3.8) is 0 Å². The highest BCUT2D eigenvalue weighted by Gasteiger charge is 2.14. The molecular weight excluding hydrogens is 385 g/mol. The third-order valence-electron chi connectivity index (χ3n) is 4.68. The largest absolute Gasteiger partial charge is 0.496 e. The van der Waals surface area contributed by atoms with Gasteiger partial charge in [-0.3, -0.25) is 4.79 Å². The fourth-order valence-electron chi connectivity index (χ4n) is 3.13. The van der Waals surface area contributed by atoms with Gasteiger partial charge in [-0.15, -0.1) is 0 Å². The Morgan fingerprint density at radius 3 is 2.77 bits per heavy atom. The Balaban J connectivity index is 1.50. The van der Waals surface area contributed by atoms with Crippen LogP contribution in [0.3, 0.4) is 0 Å². The minimum absolute atomic E-state index is 0.107. The zero-order valence-corrected chi connectivity index (χ0v) is 16.2. The molecule has 30 heavy (non-hydrogen) atoms. The van der Waals surface area contributed by atoms with Crippen molar-refractivity contribution in [3.8, 4) is 5.75 Å². The topological polar surface area (TPSA) is 89.5 Å². The molecule has 0 unspecified atom stereocenters. The van der Waals surface area contributed by atoms with Crippen LogP contribution in [0.5, 0.6) is 5.75 Å². The highest BCUT2D eigenvalue weighted by Crippen LogP contribution is 2.26. The van der Waals surface area contributed by atoms with Crippen LogP contribution in [0.4, 0.5) is 21.5 Å². The first-order valence-corrected chi connectivity index (χ1v) is 9.29. The molecule has 6 nitrogen and oxygen atoms in total. The maximum absolute atomic E-state index is 13.4. The van der Waals surface area contributed by atoms with E-state index in [1.54, 1.807) is 19.2 Å². The zero-order valence-electron chi connectivity index (χ0n) is 16.2. The Morgan fingerprint density at radius 1 is 1.10 bits per heavy atom. The monoisotopic (exact) mass is 405 g/mol. The summed E-state index contributed by atoms with van der Waals surface area (Å²) in [6.45, 7) is 0.583. The predicted molar refractivity (Wildman–Crippen MR) is 115 cm³/mol. The van der Waals surface area contributed by atoms with Gasteiger partial charge < -0.3 is 25.5 Å². The molecule has 7 heteroatoms. The van der Waals surface area contributed by atoms with Crippen LogP contribution in [-0.2, 0) is 6.54 Å². The summed E-state index contributed by atoms with van der Waals surface area (Å²) >= 11 is 0. The van der Waals surface area contributed by atoms with Crippen LogP contribution in [0, 0.1) is 5.82 Å².